The number of aliphatic hydroxyl groups is 1. The zero-order valence-corrected chi connectivity index (χ0v) is 43.6. The van der Waals surface area contributed by atoms with Crippen molar-refractivity contribution in [2.75, 3.05) is 40.9 Å². The topological polar surface area (TPSA) is 108 Å². The lowest BCUT2D eigenvalue weighted by Crippen LogP contribution is -2.45. The van der Waals surface area contributed by atoms with Crippen molar-refractivity contribution in [2.45, 2.75) is 257 Å². The predicted octanol–water partition coefficient (Wildman–Crippen LogP) is 15.3. The highest BCUT2D eigenvalue weighted by Crippen LogP contribution is 2.38. The molecule has 9 heteroatoms. The van der Waals surface area contributed by atoms with E-state index in [2.05, 4.69) is 55.6 Å². The maximum atomic E-state index is 12.9. The molecule has 0 aliphatic carbocycles. The Morgan fingerprint density at radius 2 is 0.922 bits per heavy atom. The van der Waals surface area contributed by atoms with Gasteiger partial charge >= 0.3 is 0 Å². The Morgan fingerprint density at radius 1 is 0.547 bits per heavy atom. The van der Waals surface area contributed by atoms with Crippen LogP contribution in [-0.2, 0) is 18.4 Å². The van der Waals surface area contributed by atoms with Gasteiger partial charge in [0.2, 0.25) is 5.91 Å². The lowest BCUT2D eigenvalue weighted by molar-refractivity contribution is -0.870. The molecule has 376 valence electrons. The summed E-state index contributed by atoms with van der Waals surface area (Å²) in [6.07, 6.45) is 60.8. The van der Waals surface area contributed by atoms with E-state index in [0.717, 1.165) is 51.4 Å². The number of aliphatic hydroxyl groups excluding tert-OH is 1. The number of likely N-dealkylation sites (N-methyl/N-ethyl adjacent to an activating group) is 1. The fraction of sp³-hybridized carbons (Fsp3) is 0.836. The zero-order valence-electron chi connectivity index (χ0n) is 42.7. The summed E-state index contributed by atoms with van der Waals surface area (Å²) in [7, 11) is 1.23. The number of hydrogen-bond donors (Lipinski definition) is 2. The lowest BCUT2D eigenvalue weighted by Gasteiger charge is -2.29. The average molecular weight is 921 g/mol. The first kappa shape index (κ1) is 62.5. The number of amides is 1. The number of nitrogens with zero attached hydrogens (tertiary/aromatic N) is 1. The average Bonchev–Trinajstić information content (AvgIpc) is 3.25. The Hall–Kier alpha value is -1.54. The molecule has 0 aromatic rings. The molecule has 0 aliphatic rings. The van der Waals surface area contributed by atoms with Gasteiger partial charge in [0, 0.05) is 6.42 Å². The van der Waals surface area contributed by atoms with E-state index >= 15 is 0 Å². The van der Waals surface area contributed by atoms with Crippen molar-refractivity contribution in [3.8, 4) is 0 Å². The molecule has 2 N–H and O–H groups in total. The molecule has 0 bridgehead atoms. The molecule has 3 unspecified atom stereocenters. The van der Waals surface area contributed by atoms with Gasteiger partial charge in [-0.05, 0) is 64.2 Å². The zero-order chi connectivity index (χ0) is 47.1. The number of allylic oxidation sites excluding steroid dienone is 7. The highest BCUT2D eigenvalue weighted by molar-refractivity contribution is 7.45. The second-order valence-electron chi connectivity index (χ2n) is 19.5. The maximum Gasteiger partial charge on any atom is 0.268 e. The normalized spacial score (nSPS) is 14.4. The fourth-order valence-corrected chi connectivity index (χ4v) is 8.50. The third kappa shape index (κ3) is 48.4. The predicted molar refractivity (Wildman–Crippen MR) is 274 cm³/mol. The van der Waals surface area contributed by atoms with Crippen molar-refractivity contribution < 1.29 is 32.9 Å². The van der Waals surface area contributed by atoms with Crippen LogP contribution in [-0.4, -0.2) is 68.5 Å². The third-order valence-corrected chi connectivity index (χ3v) is 13.0. The first-order valence-corrected chi connectivity index (χ1v) is 28.5. The highest BCUT2D eigenvalue weighted by atomic mass is 31.2. The Morgan fingerprint density at radius 3 is 1.34 bits per heavy atom. The standard InChI is InChI=1S/C55H105N2O6P/c1-6-8-10-12-14-16-18-19-20-21-22-23-24-25-26-27-28-29-30-31-32-33-34-35-36-37-38-39-41-43-45-47-49-55(59)56-53(52-63-64(60,61)62-51-50-57(3,4)5)54(58)48-46-44-42-40-17-15-13-11-9-7-2/h9,11,17,25-26,40,46,48,53-54,58H,6-8,10,12-16,18-24,27-39,41-45,47,49-52H2,1-5H3,(H-,56,59,60,61)/b11-9+,26-25-,40-17+,48-46+. The molecule has 0 rings (SSSR count). The molecule has 0 fully saturated rings. The van der Waals surface area contributed by atoms with Gasteiger partial charge in [0.15, 0.2) is 0 Å². The van der Waals surface area contributed by atoms with E-state index in [4.69, 9.17) is 9.05 Å². The number of carbonyl (C=O) groups excluding carboxylic acids is 1. The number of nitrogens with one attached hydrogen (secondary N) is 1. The molecule has 0 spiro atoms. The highest BCUT2D eigenvalue weighted by Gasteiger charge is 2.23. The number of phosphoric ester groups is 1. The van der Waals surface area contributed by atoms with Crippen molar-refractivity contribution in [3.05, 3.63) is 48.6 Å². The summed E-state index contributed by atoms with van der Waals surface area (Å²) in [4.78, 5) is 25.3. The van der Waals surface area contributed by atoms with Crippen LogP contribution in [0.3, 0.4) is 0 Å². The summed E-state index contributed by atoms with van der Waals surface area (Å²) < 4.78 is 23.2. The summed E-state index contributed by atoms with van der Waals surface area (Å²) in [6.45, 7) is 4.50. The van der Waals surface area contributed by atoms with Crippen LogP contribution in [0, 0.1) is 0 Å². The van der Waals surface area contributed by atoms with Crippen LogP contribution in [0.5, 0.6) is 0 Å². The lowest BCUT2D eigenvalue weighted by atomic mass is 10.0. The molecule has 0 aromatic heterocycles. The molecular weight excluding hydrogens is 816 g/mol. The largest absolute Gasteiger partial charge is 0.756 e. The number of quaternary nitrogens is 1. The van der Waals surface area contributed by atoms with Gasteiger partial charge in [0.1, 0.15) is 13.2 Å². The van der Waals surface area contributed by atoms with E-state index in [1.165, 1.54) is 173 Å². The van der Waals surface area contributed by atoms with Crippen molar-refractivity contribution >= 4 is 13.7 Å². The van der Waals surface area contributed by atoms with Gasteiger partial charge in [-0.15, -0.1) is 0 Å². The monoisotopic (exact) mass is 921 g/mol. The fourth-order valence-electron chi connectivity index (χ4n) is 7.78. The molecule has 8 nitrogen and oxygen atoms in total. The minimum absolute atomic E-state index is 0.00938. The van der Waals surface area contributed by atoms with Crippen molar-refractivity contribution in [1.82, 2.24) is 5.32 Å². The van der Waals surface area contributed by atoms with Crippen LogP contribution >= 0.6 is 7.82 Å². The van der Waals surface area contributed by atoms with Gasteiger partial charge in [-0.25, -0.2) is 0 Å². The molecular formula is C55H105N2O6P. The third-order valence-electron chi connectivity index (χ3n) is 12.0. The number of phosphoric acid groups is 1. The second-order valence-corrected chi connectivity index (χ2v) is 20.9. The van der Waals surface area contributed by atoms with Crippen molar-refractivity contribution in [2.24, 2.45) is 0 Å². The first-order chi connectivity index (χ1) is 31.0. The summed E-state index contributed by atoms with van der Waals surface area (Å²) in [5, 5.41) is 13.7. The molecule has 0 aliphatic heterocycles. The Labute approximate surface area is 397 Å². The Bertz CT molecular complexity index is 1180. The Balaban J connectivity index is 3.98. The quantitative estimate of drug-likeness (QED) is 0.0272. The number of unbranched alkanes of at least 4 members (excludes halogenated alkanes) is 30. The minimum atomic E-state index is -4.60. The van der Waals surface area contributed by atoms with Crippen LogP contribution < -0.4 is 10.2 Å². The van der Waals surface area contributed by atoms with E-state index in [0.29, 0.717) is 17.4 Å². The smallest absolute Gasteiger partial charge is 0.268 e. The summed E-state index contributed by atoms with van der Waals surface area (Å²) >= 11 is 0. The first-order valence-electron chi connectivity index (χ1n) is 27.0. The van der Waals surface area contributed by atoms with Crippen LogP contribution in [0.4, 0.5) is 0 Å². The summed E-state index contributed by atoms with van der Waals surface area (Å²) in [5.74, 6) is -0.212. The Kier molecular flexibility index (Phi) is 45.4. The number of hydrogen-bond acceptors (Lipinski definition) is 6. The van der Waals surface area contributed by atoms with Crippen LogP contribution in [0.1, 0.15) is 245 Å². The number of carbonyl (C=O) groups is 1. The van der Waals surface area contributed by atoms with Gasteiger partial charge in [-0.3, -0.25) is 9.36 Å². The molecule has 0 heterocycles. The SMILES string of the molecule is CC/C=C/CC/C=C/CC/C=C/C(O)C(COP(=O)([O-])OCC[N+](C)(C)C)NC(=O)CCCCCCCCCCCCCCCCCC/C=C\CCCCCCCCCCCCCC. The molecule has 3 atom stereocenters. The molecule has 1 amide bonds. The van der Waals surface area contributed by atoms with Crippen molar-refractivity contribution in [3.63, 3.8) is 0 Å². The van der Waals surface area contributed by atoms with Gasteiger partial charge in [0.25, 0.3) is 7.82 Å². The summed E-state index contributed by atoms with van der Waals surface area (Å²) in [5.41, 5.74) is 0. The number of rotatable bonds is 49. The van der Waals surface area contributed by atoms with Crippen LogP contribution in [0.2, 0.25) is 0 Å². The van der Waals surface area contributed by atoms with E-state index in [-0.39, 0.29) is 12.5 Å². The molecule has 0 saturated carbocycles. The van der Waals surface area contributed by atoms with Gasteiger partial charge < -0.3 is 28.8 Å². The second kappa shape index (κ2) is 46.6. The molecule has 64 heavy (non-hydrogen) atoms. The molecule has 0 saturated heterocycles. The van der Waals surface area contributed by atoms with Crippen LogP contribution in [0.25, 0.3) is 0 Å². The van der Waals surface area contributed by atoms with Gasteiger partial charge in [-0.1, -0.05) is 223 Å². The van der Waals surface area contributed by atoms with E-state index in [1.54, 1.807) is 6.08 Å². The molecule has 0 aromatic carbocycles. The van der Waals surface area contributed by atoms with E-state index in [1.807, 2.05) is 27.2 Å². The van der Waals surface area contributed by atoms with Crippen molar-refractivity contribution in [1.29, 1.82) is 0 Å². The molecule has 0 radical (unpaired) electrons. The van der Waals surface area contributed by atoms with Crippen LogP contribution in [0.15, 0.2) is 48.6 Å². The summed E-state index contributed by atoms with van der Waals surface area (Å²) in [6, 6.07) is -0.907. The van der Waals surface area contributed by atoms with Gasteiger partial charge in [-0.2, -0.15) is 0 Å². The van der Waals surface area contributed by atoms with Gasteiger partial charge in [0.05, 0.1) is 39.9 Å². The minimum Gasteiger partial charge on any atom is -0.756 e. The van der Waals surface area contributed by atoms with E-state index in [9.17, 15) is 19.4 Å². The maximum absolute atomic E-state index is 12.9. The van der Waals surface area contributed by atoms with E-state index < -0.39 is 26.6 Å².